The molecule has 0 spiro atoms. The van der Waals surface area contributed by atoms with Crippen molar-refractivity contribution in [1.82, 2.24) is 5.32 Å². The number of ketones is 1. The number of Topliss-reactive ketones (excluding diaryl/α,β-unsaturated/α-hetero) is 1. The molecule has 2 saturated carbocycles. The van der Waals surface area contributed by atoms with Gasteiger partial charge in [0.2, 0.25) is 0 Å². The Morgan fingerprint density at radius 1 is 0.948 bits per heavy atom. The van der Waals surface area contributed by atoms with Gasteiger partial charge in [-0.15, -0.1) is 0 Å². The fraction of sp³-hybridized carbons (Fsp3) is 0.558. The van der Waals surface area contributed by atoms with Gasteiger partial charge in [0.25, 0.3) is 0 Å². The molecule has 1 saturated heterocycles. The molecule has 1 amide bonds. The van der Waals surface area contributed by atoms with Gasteiger partial charge in [-0.05, 0) is 63.5 Å². The quantitative estimate of drug-likeness (QED) is 0.147. The highest BCUT2D eigenvalue weighted by Crippen LogP contribution is 2.64. The summed E-state index contributed by atoms with van der Waals surface area (Å²) in [4.78, 5) is 68.9. The molecule has 4 aliphatic rings. The molecule has 2 aromatic carbocycles. The van der Waals surface area contributed by atoms with Gasteiger partial charge in [0, 0.05) is 25.2 Å². The van der Waals surface area contributed by atoms with Crippen molar-refractivity contribution in [2.75, 3.05) is 6.61 Å². The molecule has 15 heteroatoms. The van der Waals surface area contributed by atoms with Crippen molar-refractivity contribution in [3.63, 3.8) is 0 Å². The molecule has 9 unspecified atom stereocenters. The molecule has 1 heterocycles. The van der Waals surface area contributed by atoms with Crippen LogP contribution in [0.25, 0.3) is 0 Å². The highest BCUT2D eigenvalue weighted by Gasteiger charge is 2.78. The van der Waals surface area contributed by atoms with Gasteiger partial charge in [0.15, 0.2) is 17.5 Å². The van der Waals surface area contributed by atoms with Crippen LogP contribution < -0.4 is 5.32 Å². The standard InChI is InChI=1S/C43H53NO14/c1-22-26(55-37(51)32(48)30(24-15-11-9-12-16-24)44-38(52)58-39(3,4)5)20-43(53)35(56-36(50)25-17-13-10-14-18-25)33-41(8,34(49)31(47)29(22)40(43,6)7)27(46)19-28-42(33,21-54-28)57-23(2)45/h9-18,26-28,30-33,35,46-48,53H,19-21H2,1-8H3,(H,44,52)/t26-,27?,28?,30?,31?,32?,33?,35+,41?,42?,43?/m1/s1. The first-order valence-corrected chi connectivity index (χ1v) is 19.3. The third-order valence-corrected chi connectivity index (χ3v) is 12.6. The third kappa shape index (κ3) is 7.10. The topological polar surface area (TPSA) is 224 Å². The fourth-order valence-electron chi connectivity index (χ4n) is 9.56. The van der Waals surface area contributed by atoms with Crippen LogP contribution in [0.1, 0.15) is 90.2 Å². The van der Waals surface area contributed by atoms with Crippen molar-refractivity contribution in [2.45, 2.75) is 128 Å². The molecular formula is C43H53NO14. The zero-order valence-electron chi connectivity index (χ0n) is 33.9. The van der Waals surface area contributed by atoms with Gasteiger partial charge in [-0.25, -0.2) is 14.4 Å². The van der Waals surface area contributed by atoms with Crippen molar-refractivity contribution in [3.8, 4) is 0 Å². The maximum Gasteiger partial charge on any atom is 0.408 e. The Balaban J connectivity index is 1.49. The van der Waals surface area contributed by atoms with Crippen molar-refractivity contribution < 1.29 is 68.1 Å². The van der Waals surface area contributed by atoms with E-state index in [-0.39, 0.29) is 29.7 Å². The lowest BCUT2D eigenvalue weighted by Gasteiger charge is -2.67. The number of rotatable bonds is 8. The summed E-state index contributed by atoms with van der Waals surface area (Å²) in [5.41, 5.74) is -8.14. The maximum atomic E-state index is 14.9. The van der Waals surface area contributed by atoms with E-state index in [0.717, 1.165) is 6.92 Å². The van der Waals surface area contributed by atoms with Crippen molar-refractivity contribution in [2.24, 2.45) is 16.7 Å². The van der Waals surface area contributed by atoms with E-state index in [1.54, 1.807) is 83.1 Å². The first kappa shape index (κ1) is 42.9. The van der Waals surface area contributed by atoms with Crippen LogP contribution in [0.3, 0.4) is 0 Å². The number of carbonyl (C=O) groups is 5. The van der Waals surface area contributed by atoms with E-state index in [0.29, 0.717) is 5.56 Å². The minimum Gasteiger partial charge on any atom is -0.456 e. The van der Waals surface area contributed by atoms with Gasteiger partial charge < -0.3 is 49.4 Å². The molecule has 0 radical (unpaired) electrons. The SMILES string of the molecule is CC(=O)OC12COC1CC(O)C1(C)C(=O)C(O)C3=C(C)[C@H](OC(=O)C(O)C(NC(=O)OC(C)(C)C)c4ccccc4)CC(O)([C@@H](OC(=O)c4ccccc4)C21)C3(C)C. The Kier molecular flexibility index (Phi) is 11.2. The molecule has 2 bridgehead atoms. The van der Waals surface area contributed by atoms with Gasteiger partial charge >= 0.3 is 24.0 Å². The van der Waals surface area contributed by atoms with Crippen LogP contribution >= 0.6 is 0 Å². The van der Waals surface area contributed by atoms with Crippen LogP contribution in [0.5, 0.6) is 0 Å². The summed E-state index contributed by atoms with van der Waals surface area (Å²) < 4.78 is 29.5. The smallest absolute Gasteiger partial charge is 0.408 e. The van der Waals surface area contributed by atoms with Gasteiger partial charge in [-0.1, -0.05) is 62.4 Å². The van der Waals surface area contributed by atoms with E-state index in [1.165, 1.54) is 26.0 Å². The Labute approximate surface area is 336 Å². The van der Waals surface area contributed by atoms with E-state index in [4.69, 9.17) is 23.7 Å². The zero-order chi connectivity index (χ0) is 42.7. The molecule has 5 N–H and O–H groups in total. The summed E-state index contributed by atoms with van der Waals surface area (Å²) in [6.07, 6.45) is -11.5. The van der Waals surface area contributed by atoms with Crippen LogP contribution in [0.4, 0.5) is 4.79 Å². The number of hydrogen-bond donors (Lipinski definition) is 5. The van der Waals surface area contributed by atoms with Crippen molar-refractivity contribution in [1.29, 1.82) is 0 Å². The van der Waals surface area contributed by atoms with Crippen molar-refractivity contribution in [3.05, 3.63) is 82.9 Å². The summed E-state index contributed by atoms with van der Waals surface area (Å²) in [5, 5.41) is 51.6. The first-order valence-electron chi connectivity index (χ1n) is 19.3. The van der Waals surface area contributed by atoms with Crippen LogP contribution in [-0.4, -0.2) is 110 Å². The lowest BCUT2D eigenvalue weighted by Crippen LogP contribution is -2.81. The average molecular weight is 808 g/mol. The summed E-state index contributed by atoms with van der Waals surface area (Å²) >= 11 is 0. The fourth-order valence-corrected chi connectivity index (χ4v) is 9.56. The number of amides is 1. The van der Waals surface area contributed by atoms with Gasteiger partial charge in [0.05, 0.1) is 35.6 Å². The number of esters is 3. The minimum absolute atomic E-state index is 0.0637. The number of fused-ring (bicyclic) bond motifs is 5. The number of benzene rings is 2. The zero-order valence-corrected chi connectivity index (χ0v) is 33.9. The molecule has 2 aromatic rings. The Bertz CT molecular complexity index is 1980. The van der Waals surface area contributed by atoms with Crippen LogP contribution in [0.2, 0.25) is 0 Å². The van der Waals surface area contributed by atoms with Crippen LogP contribution in [0.15, 0.2) is 71.8 Å². The van der Waals surface area contributed by atoms with Gasteiger partial charge in [0.1, 0.15) is 35.6 Å². The van der Waals surface area contributed by atoms with Gasteiger partial charge in [-0.3, -0.25) is 9.59 Å². The predicted octanol–water partition coefficient (Wildman–Crippen LogP) is 3.26. The average Bonchev–Trinajstić information content (AvgIpc) is 3.14. The molecule has 11 atom stereocenters. The Hall–Kier alpha value is -4.67. The van der Waals surface area contributed by atoms with Crippen LogP contribution in [-0.2, 0) is 38.1 Å². The van der Waals surface area contributed by atoms with Crippen LogP contribution in [0, 0.1) is 16.7 Å². The third-order valence-electron chi connectivity index (χ3n) is 12.6. The molecule has 3 aliphatic carbocycles. The second-order valence-corrected chi connectivity index (χ2v) is 17.6. The molecule has 58 heavy (non-hydrogen) atoms. The normalized spacial score (nSPS) is 33.7. The Morgan fingerprint density at radius 3 is 2.10 bits per heavy atom. The largest absolute Gasteiger partial charge is 0.456 e. The lowest BCUT2D eigenvalue weighted by atomic mass is 9.44. The van der Waals surface area contributed by atoms with Crippen molar-refractivity contribution >= 4 is 29.8 Å². The molecule has 15 nitrogen and oxygen atoms in total. The molecule has 0 aromatic heterocycles. The number of alkyl carbamates (subject to hydrolysis) is 1. The monoisotopic (exact) mass is 807 g/mol. The van der Waals surface area contributed by atoms with E-state index in [2.05, 4.69) is 5.32 Å². The second kappa shape index (κ2) is 15.2. The highest BCUT2D eigenvalue weighted by atomic mass is 16.6. The summed E-state index contributed by atoms with van der Waals surface area (Å²) in [6, 6.07) is 14.6. The van der Waals surface area contributed by atoms with E-state index in [9.17, 15) is 44.4 Å². The summed E-state index contributed by atoms with van der Waals surface area (Å²) in [7, 11) is 0. The number of hydrogen-bond acceptors (Lipinski definition) is 14. The number of carbonyl (C=O) groups excluding carboxylic acids is 5. The highest BCUT2D eigenvalue weighted by molar-refractivity contribution is 5.94. The number of nitrogens with one attached hydrogen (secondary N) is 1. The first-order chi connectivity index (χ1) is 27.0. The van der Waals surface area contributed by atoms with E-state index in [1.807, 2.05) is 0 Å². The second-order valence-electron chi connectivity index (χ2n) is 17.6. The molecule has 6 rings (SSSR count). The molecular weight excluding hydrogens is 754 g/mol. The minimum atomic E-state index is -2.35. The molecule has 3 fully saturated rings. The van der Waals surface area contributed by atoms with E-state index < -0.39 is 112 Å². The molecule has 1 aliphatic heterocycles. The lowest BCUT2D eigenvalue weighted by molar-refractivity contribution is -0.346. The molecule has 314 valence electrons. The number of aliphatic hydroxyl groups excluding tert-OH is 3. The van der Waals surface area contributed by atoms with Gasteiger partial charge in [-0.2, -0.15) is 0 Å². The maximum absolute atomic E-state index is 14.9. The number of ether oxygens (including phenoxy) is 5. The van der Waals surface area contributed by atoms with E-state index >= 15 is 0 Å². The predicted molar refractivity (Wildman–Crippen MR) is 204 cm³/mol. The summed E-state index contributed by atoms with van der Waals surface area (Å²) in [5.74, 6) is -5.36. The summed E-state index contributed by atoms with van der Waals surface area (Å²) in [6.45, 7) is 11.8. The number of aliphatic hydroxyl groups is 4. The Morgan fingerprint density at radius 2 is 1.55 bits per heavy atom.